The van der Waals surface area contributed by atoms with E-state index in [4.69, 9.17) is 4.74 Å². The van der Waals surface area contributed by atoms with Gasteiger partial charge in [0, 0.05) is 27.2 Å². The monoisotopic (exact) mass is 464 g/mol. The molecule has 160 valence electrons. The minimum absolute atomic E-state index is 0.168. The lowest BCUT2D eigenvalue weighted by Gasteiger charge is -2.07. The number of esters is 1. The topological polar surface area (TPSA) is 86.1 Å². The van der Waals surface area contributed by atoms with Gasteiger partial charge in [0.25, 0.3) is 0 Å². The third-order valence-electron chi connectivity index (χ3n) is 4.23. The van der Waals surface area contributed by atoms with Gasteiger partial charge in [-0.15, -0.1) is 32.9 Å². The van der Waals surface area contributed by atoms with Gasteiger partial charge in [-0.2, -0.15) is 0 Å². The number of hydrogen-bond donors (Lipinski definition) is 1. The van der Waals surface area contributed by atoms with Gasteiger partial charge in [-0.25, -0.2) is 4.79 Å². The number of aromatic nitrogens is 3. The highest BCUT2D eigenvalue weighted by molar-refractivity contribution is 7.99. The van der Waals surface area contributed by atoms with Crippen molar-refractivity contribution >= 4 is 51.3 Å². The van der Waals surface area contributed by atoms with Gasteiger partial charge in [-0.3, -0.25) is 4.79 Å². The lowest BCUT2D eigenvalue weighted by molar-refractivity contribution is -0.113. The molecule has 0 bridgehead atoms. The van der Waals surface area contributed by atoms with Crippen molar-refractivity contribution in [2.24, 2.45) is 0 Å². The molecule has 0 saturated heterocycles. The molecular weight excluding hydrogens is 440 g/mol. The Balaban J connectivity index is 1.68. The molecule has 0 spiro atoms. The minimum atomic E-state index is -0.428. The SMILES string of the molecule is CCOC(=O)c1cc(C)sc1NC(=O)CSc1nnc(-c2csc(CC)c2)n1CC. The summed E-state index contributed by atoms with van der Waals surface area (Å²) < 4.78 is 7.08. The van der Waals surface area contributed by atoms with Crippen molar-refractivity contribution in [3.05, 3.63) is 32.8 Å². The summed E-state index contributed by atoms with van der Waals surface area (Å²) in [6.07, 6.45) is 0.989. The van der Waals surface area contributed by atoms with E-state index in [1.54, 1.807) is 24.3 Å². The fourth-order valence-corrected chi connectivity index (χ4v) is 5.37. The summed E-state index contributed by atoms with van der Waals surface area (Å²) in [5.41, 5.74) is 1.44. The van der Waals surface area contributed by atoms with Crippen molar-refractivity contribution in [2.75, 3.05) is 17.7 Å². The van der Waals surface area contributed by atoms with E-state index in [1.165, 1.54) is 28.0 Å². The van der Waals surface area contributed by atoms with Gasteiger partial charge in [0.05, 0.1) is 17.9 Å². The molecule has 0 aromatic carbocycles. The Hall–Kier alpha value is -2.17. The summed E-state index contributed by atoms with van der Waals surface area (Å²) in [7, 11) is 0. The molecule has 0 fully saturated rings. The maximum absolute atomic E-state index is 12.5. The van der Waals surface area contributed by atoms with E-state index >= 15 is 0 Å². The van der Waals surface area contributed by atoms with Crippen LogP contribution in [0.3, 0.4) is 0 Å². The largest absolute Gasteiger partial charge is 0.462 e. The second kappa shape index (κ2) is 10.2. The van der Waals surface area contributed by atoms with Gasteiger partial charge in [-0.1, -0.05) is 18.7 Å². The molecule has 3 heterocycles. The molecule has 0 saturated carbocycles. The summed E-state index contributed by atoms with van der Waals surface area (Å²) in [6, 6.07) is 3.87. The molecule has 0 radical (unpaired) electrons. The number of carbonyl (C=O) groups is 2. The van der Waals surface area contributed by atoms with E-state index in [0.717, 1.165) is 22.7 Å². The average Bonchev–Trinajstić information content (AvgIpc) is 3.43. The number of ether oxygens (including phenoxy) is 1. The van der Waals surface area contributed by atoms with E-state index < -0.39 is 5.97 Å². The fourth-order valence-electron chi connectivity index (χ4n) is 2.84. The first-order chi connectivity index (χ1) is 14.5. The Bertz CT molecular complexity index is 1040. The quantitative estimate of drug-likeness (QED) is 0.359. The summed E-state index contributed by atoms with van der Waals surface area (Å²) in [4.78, 5) is 26.8. The molecule has 0 atom stereocenters. The molecule has 1 N–H and O–H groups in total. The van der Waals surface area contributed by atoms with Crippen LogP contribution in [0, 0.1) is 6.92 Å². The normalized spacial score (nSPS) is 10.9. The third-order valence-corrected chi connectivity index (χ3v) is 7.24. The van der Waals surface area contributed by atoms with Crippen molar-refractivity contribution < 1.29 is 14.3 Å². The van der Waals surface area contributed by atoms with Crippen LogP contribution < -0.4 is 5.32 Å². The average molecular weight is 465 g/mol. The van der Waals surface area contributed by atoms with Gasteiger partial charge in [0.2, 0.25) is 5.91 Å². The number of rotatable bonds is 9. The summed E-state index contributed by atoms with van der Waals surface area (Å²) in [5.74, 6) is 0.349. The molecule has 0 aliphatic carbocycles. The van der Waals surface area contributed by atoms with E-state index in [1.807, 2.05) is 18.4 Å². The maximum atomic E-state index is 12.5. The standard InChI is InChI=1S/C20H24N4O3S3/c1-5-14-9-13(10-28-14)17-22-23-20(24(17)6-2)29-11-16(25)21-18-15(8-12(4)30-18)19(26)27-7-3/h8-10H,5-7,11H2,1-4H3,(H,21,25). The first-order valence-electron chi connectivity index (χ1n) is 9.67. The highest BCUT2D eigenvalue weighted by Crippen LogP contribution is 2.30. The lowest BCUT2D eigenvalue weighted by atomic mass is 10.2. The zero-order valence-electron chi connectivity index (χ0n) is 17.4. The predicted molar refractivity (Wildman–Crippen MR) is 123 cm³/mol. The number of amides is 1. The van der Waals surface area contributed by atoms with Gasteiger partial charge < -0.3 is 14.6 Å². The Morgan fingerprint density at radius 2 is 2.03 bits per heavy atom. The molecule has 30 heavy (non-hydrogen) atoms. The van der Waals surface area contributed by atoms with Crippen molar-refractivity contribution in [3.8, 4) is 11.4 Å². The van der Waals surface area contributed by atoms with Crippen molar-refractivity contribution in [1.82, 2.24) is 14.8 Å². The Labute approximate surface area is 187 Å². The smallest absolute Gasteiger partial charge is 0.341 e. The van der Waals surface area contributed by atoms with Crippen LogP contribution in [0.1, 0.15) is 40.9 Å². The van der Waals surface area contributed by atoms with E-state index in [-0.39, 0.29) is 18.3 Å². The number of anilines is 1. The van der Waals surface area contributed by atoms with E-state index in [2.05, 4.69) is 33.9 Å². The third kappa shape index (κ3) is 5.11. The number of nitrogens with one attached hydrogen (secondary N) is 1. The first-order valence-corrected chi connectivity index (χ1v) is 12.4. The number of hydrogen-bond acceptors (Lipinski definition) is 8. The minimum Gasteiger partial charge on any atom is -0.462 e. The van der Waals surface area contributed by atoms with Crippen LogP contribution in [0.25, 0.3) is 11.4 Å². The first kappa shape index (κ1) is 22.5. The van der Waals surface area contributed by atoms with Gasteiger partial charge >= 0.3 is 5.97 Å². The molecule has 3 aromatic heterocycles. The molecule has 0 unspecified atom stereocenters. The summed E-state index contributed by atoms with van der Waals surface area (Å²) >= 11 is 4.40. The molecule has 7 nitrogen and oxygen atoms in total. The zero-order chi connectivity index (χ0) is 21.7. The van der Waals surface area contributed by atoms with Crippen molar-refractivity contribution in [2.45, 2.75) is 45.8 Å². The maximum Gasteiger partial charge on any atom is 0.341 e. The van der Waals surface area contributed by atoms with Gasteiger partial charge in [0.1, 0.15) is 5.00 Å². The van der Waals surface area contributed by atoms with E-state index in [0.29, 0.717) is 22.3 Å². The van der Waals surface area contributed by atoms with Crippen LogP contribution in [0.4, 0.5) is 5.00 Å². The number of thiophene rings is 2. The highest BCUT2D eigenvalue weighted by Gasteiger charge is 2.19. The molecule has 0 aliphatic rings. The molecule has 0 aliphatic heterocycles. The molecular formula is C20H24N4O3S3. The number of nitrogens with zero attached hydrogens (tertiary/aromatic N) is 3. The van der Waals surface area contributed by atoms with Crippen LogP contribution in [-0.2, 0) is 22.5 Å². The van der Waals surface area contributed by atoms with Crippen LogP contribution in [0.2, 0.25) is 0 Å². The molecule has 3 aromatic rings. The summed E-state index contributed by atoms with van der Waals surface area (Å²) in [6.45, 7) is 8.80. The van der Waals surface area contributed by atoms with Crippen LogP contribution in [0.5, 0.6) is 0 Å². The second-order valence-electron chi connectivity index (χ2n) is 6.36. The second-order valence-corrected chi connectivity index (χ2v) is 9.56. The van der Waals surface area contributed by atoms with E-state index in [9.17, 15) is 9.59 Å². The highest BCUT2D eigenvalue weighted by atomic mass is 32.2. The lowest BCUT2D eigenvalue weighted by Crippen LogP contribution is -2.16. The number of aryl methyl sites for hydroxylation is 2. The van der Waals surface area contributed by atoms with Crippen LogP contribution in [0.15, 0.2) is 22.7 Å². The van der Waals surface area contributed by atoms with Crippen LogP contribution >= 0.6 is 34.4 Å². The number of thioether (sulfide) groups is 1. The molecule has 3 rings (SSSR count). The van der Waals surface area contributed by atoms with Crippen LogP contribution in [-0.4, -0.2) is 39.0 Å². The Morgan fingerprint density at radius 1 is 1.23 bits per heavy atom. The van der Waals surface area contributed by atoms with Gasteiger partial charge in [-0.05, 0) is 39.3 Å². The Kier molecular flexibility index (Phi) is 7.68. The van der Waals surface area contributed by atoms with Crippen molar-refractivity contribution in [1.29, 1.82) is 0 Å². The summed E-state index contributed by atoms with van der Waals surface area (Å²) in [5, 5.41) is 14.7. The predicted octanol–water partition coefficient (Wildman–Crippen LogP) is 4.87. The number of carbonyl (C=O) groups excluding carboxylic acids is 2. The molecule has 1 amide bonds. The molecule has 10 heteroatoms. The zero-order valence-corrected chi connectivity index (χ0v) is 19.8. The van der Waals surface area contributed by atoms with Gasteiger partial charge in [0.15, 0.2) is 11.0 Å². The Morgan fingerprint density at radius 3 is 2.70 bits per heavy atom. The fraction of sp³-hybridized carbons (Fsp3) is 0.400. The van der Waals surface area contributed by atoms with Crippen molar-refractivity contribution in [3.63, 3.8) is 0 Å².